The van der Waals surface area contributed by atoms with Crippen LogP contribution in [0.4, 0.5) is 21.7 Å². The Bertz CT molecular complexity index is 1420. The van der Waals surface area contributed by atoms with Gasteiger partial charge in [0.1, 0.15) is 5.82 Å². The Morgan fingerprint density at radius 1 is 1.26 bits per heavy atom. The molecule has 0 saturated carbocycles. The third-order valence-corrected chi connectivity index (χ3v) is 5.87. The minimum Gasteiger partial charge on any atom is -0.380 e. The molecule has 0 unspecified atom stereocenters. The summed E-state index contributed by atoms with van der Waals surface area (Å²) in [7, 11) is 0. The highest BCUT2D eigenvalue weighted by Crippen LogP contribution is 2.29. The average molecular weight is 480 g/mol. The first-order valence-electron chi connectivity index (χ1n) is 10.7. The molecule has 4 aromatic rings. The molecule has 0 aliphatic carbocycles. The van der Waals surface area contributed by atoms with Crippen LogP contribution in [0.15, 0.2) is 59.3 Å². The second-order valence-corrected chi connectivity index (χ2v) is 8.18. The number of fused-ring (bicyclic) bond motifs is 1. The first-order chi connectivity index (χ1) is 16.8. The number of carbonyl (C=O) groups is 2. The summed E-state index contributed by atoms with van der Waals surface area (Å²) in [5.74, 6) is -1.33. The average Bonchev–Trinajstić information content (AvgIpc) is 3.48. The smallest absolute Gasteiger partial charge is 0.263 e. The van der Waals surface area contributed by atoms with Crippen molar-refractivity contribution in [1.29, 1.82) is 0 Å². The summed E-state index contributed by atoms with van der Waals surface area (Å²) >= 11 is 0. The van der Waals surface area contributed by atoms with Gasteiger partial charge in [-0.05, 0) is 43.3 Å². The Kier molecular flexibility index (Phi) is 5.46. The number of anilines is 3. The molecule has 11 nitrogen and oxygen atoms in total. The van der Waals surface area contributed by atoms with E-state index in [0.717, 1.165) is 0 Å². The van der Waals surface area contributed by atoms with E-state index in [2.05, 4.69) is 15.6 Å². The molecular formula is C23H21FN6O5. The van der Waals surface area contributed by atoms with Crippen molar-refractivity contribution in [3.05, 3.63) is 60.5 Å². The molecule has 35 heavy (non-hydrogen) atoms. The van der Waals surface area contributed by atoms with Gasteiger partial charge in [0.05, 0.1) is 24.2 Å². The van der Waals surface area contributed by atoms with Crippen LogP contribution in [-0.2, 0) is 14.3 Å². The molecule has 1 aliphatic rings. The zero-order valence-corrected chi connectivity index (χ0v) is 18.5. The van der Waals surface area contributed by atoms with E-state index in [4.69, 9.17) is 15.0 Å². The molecule has 12 heteroatoms. The summed E-state index contributed by atoms with van der Waals surface area (Å²) < 4.78 is 25.4. The van der Waals surface area contributed by atoms with Crippen LogP contribution in [0.2, 0.25) is 0 Å². The molecule has 1 saturated heterocycles. The number of amides is 2. The Hall–Kier alpha value is -4.29. The number of aliphatic hydroxyl groups is 1. The number of nitrogen functional groups attached to an aromatic ring is 1. The fourth-order valence-corrected chi connectivity index (χ4v) is 3.89. The van der Waals surface area contributed by atoms with Gasteiger partial charge in [-0.15, -0.1) is 5.10 Å². The maximum absolute atomic E-state index is 13.3. The zero-order valence-electron chi connectivity index (χ0n) is 18.5. The lowest BCUT2D eigenvalue weighted by Crippen LogP contribution is -2.63. The molecular weight excluding hydrogens is 459 g/mol. The minimum atomic E-state index is -1.86. The zero-order chi connectivity index (χ0) is 24.7. The summed E-state index contributed by atoms with van der Waals surface area (Å²) in [5.41, 5.74) is 5.11. The largest absolute Gasteiger partial charge is 0.380 e. The number of hydrogen-bond donors (Lipinski definition) is 3. The first kappa shape index (κ1) is 22.5. The van der Waals surface area contributed by atoms with Crippen LogP contribution < -0.4 is 16.0 Å². The van der Waals surface area contributed by atoms with Gasteiger partial charge in [0.25, 0.3) is 11.8 Å². The van der Waals surface area contributed by atoms with Crippen LogP contribution in [0, 0.1) is 5.82 Å². The number of ether oxygens (including phenoxy) is 1. The van der Waals surface area contributed by atoms with E-state index in [-0.39, 0.29) is 24.8 Å². The van der Waals surface area contributed by atoms with Gasteiger partial charge in [0, 0.05) is 24.0 Å². The minimum absolute atomic E-state index is 0.0687. The molecule has 2 aromatic heterocycles. The maximum atomic E-state index is 13.3. The Balaban J connectivity index is 1.34. The lowest BCUT2D eigenvalue weighted by molar-refractivity contribution is -0.170. The van der Waals surface area contributed by atoms with Crippen molar-refractivity contribution in [2.24, 2.45) is 0 Å². The van der Waals surface area contributed by atoms with Crippen molar-refractivity contribution in [2.75, 3.05) is 29.1 Å². The van der Waals surface area contributed by atoms with Crippen molar-refractivity contribution in [3.63, 3.8) is 0 Å². The number of aliphatic hydroxyl groups excluding tert-OH is 1. The predicted molar refractivity (Wildman–Crippen MR) is 123 cm³/mol. The predicted octanol–water partition coefficient (Wildman–Crippen LogP) is 1.86. The van der Waals surface area contributed by atoms with Gasteiger partial charge >= 0.3 is 0 Å². The van der Waals surface area contributed by atoms with Gasteiger partial charge < -0.3 is 25.4 Å². The summed E-state index contributed by atoms with van der Waals surface area (Å²) in [6.07, 6.45) is -0.203. The number of aromatic nitrogens is 3. The molecule has 4 N–H and O–H groups in total. The van der Waals surface area contributed by atoms with Crippen molar-refractivity contribution >= 4 is 40.1 Å². The summed E-state index contributed by atoms with van der Waals surface area (Å²) in [6.45, 7) is 1.59. The number of rotatable bonds is 5. The molecule has 1 fully saturated rings. The van der Waals surface area contributed by atoms with Crippen LogP contribution in [0.3, 0.4) is 0 Å². The van der Waals surface area contributed by atoms with Gasteiger partial charge in [-0.1, -0.05) is 5.16 Å². The van der Waals surface area contributed by atoms with E-state index in [1.807, 2.05) is 0 Å². The molecule has 180 valence electrons. The number of nitrogens with one attached hydrogen (secondary N) is 1. The third kappa shape index (κ3) is 3.98. The van der Waals surface area contributed by atoms with Crippen LogP contribution in [0.5, 0.6) is 0 Å². The number of morpholine rings is 1. The molecule has 1 aliphatic heterocycles. The monoisotopic (exact) mass is 480 g/mol. The van der Waals surface area contributed by atoms with Crippen LogP contribution in [-0.4, -0.2) is 56.7 Å². The topological polar surface area (TPSA) is 149 Å². The Morgan fingerprint density at radius 3 is 2.80 bits per heavy atom. The lowest BCUT2D eigenvalue weighted by atomic mass is 9.94. The highest BCUT2D eigenvalue weighted by Gasteiger charge is 2.51. The van der Waals surface area contributed by atoms with Gasteiger partial charge in [-0.25, -0.2) is 9.07 Å². The number of halogens is 1. The van der Waals surface area contributed by atoms with E-state index in [1.54, 1.807) is 36.5 Å². The lowest BCUT2D eigenvalue weighted by Gasteiger charge is -2.40. The molecule has 2 aromatic carbocycles. The van der Waals surface area contributed by atoms with Crippen LogP contribution in [0.1, 0.15) is 6.92 Å². The number of nitrogens with zero attached hydrogens (tertiary/aromatic N) is 4. The van der Waals surface area contributed by atoms with Gasteiger partial charge in [0.15, 0.2) is 28.9 Å². The Morgan fingerprint density at radius 2 is 2.03 bits per heavy atom. The number of benzene rings is 2. The fraction of sp³-hybridized carbons (Fsp3) is 0.217. The van der Waals surface area contributed by atoms with E-state index >= 15 is 0 Å². The number of carbonyl (C=O) groups excluding carboxylic acids is 2. The highest BCUT2D eigenvalue weighted by atomic mass is 19.1. The maximum Gasteiger partial charge on any atom is 0.263 e. The van der Waals surface area contributed by atoms with Crippen molar-refractivity contribution in [3.8, 4) is 5.69 Å². The molecule has 3 heterocycles. The van der Waals surface area contributed by atoms with E-state index in [0.29, 0.717) is 28.2 Å². The molecule has 0 spiro atoms. The van der Waals surface area contributed by atoms with Gasteiger partial charge in [-0.2, -0.15) is 0 Å². The molecule has 2 amide bonds. The summed E-state index contributed by atoms with van der Waals surface area (Å²) in [5, 5.41) is 22.0. The third-order valence-electron chi connectivity index (χ3n) is 5.87. The Labute approximate surface area is 197 Å². The van der Waals surface area contributed by atoms with E-state index in [1.165, 1.54) is 34.7 Å². The van der Waals surface area contributed by atoms with Crippen molar-refractivity contribution in [2.45, 2.75) is 18.6 Å². The standard InChI is InChI=1S/C23H21FN6O5/c1-23(19(31)21(32)26-14-4-7-16-17(12-14)35-28-20(16)25)22(33)29(10-11-34-23)18-8-9-30(27-18)15-5-2-13(24)3-6-15/h2-9,12,19,31H,10-11H2,1H3,(H2,25,28)(H,26,32)/t19-,23+/m0/s1. The SMILES string of the molecule is C[C@]1([C@@H](O)C(=O)Nc2ccc3c(N)noc3c2)OCCN(c2ccn(-c3ccc(F)cc3)n2)C1=O. The van der Waals surface area contributed by atoms with Crippen molar-refractivity contribution in [1.82, 2.24) is 14.9 Å². The fourth-order valence-electron chi connectivity index (χ4n) is 3.89. The van der Waals surface area contributed by atoms with Crippen molar-refractivity contribution < 1.29 is 28.3 Å². The molecule has 5 rings (SSSR count). The second-order valence-electron chi connectivity index (χ2n) is 8.18. The summed E-state index contributed by atoms with van der Waals surface area (Å²) in [4.78, 5) is 27.5. The molecule has 2 atom stereocenters. The highest BCUT2D eigenvalue weighted by molar-refractivity contribution is 6.06. The summed E-state index contributed by atoms with van der Waals surface area (Å²) in [6, 6.07) is 12.0. The van der Waals surface area contributed by atoms with Crippen LogP contribution >= 0.6 is 0 Å². The normalized spacial score (nSPS) is 19.2. The second kappa shape index (κ2) is 8.49. The van der Waals surface area contributed by atoms with Gasteiger partial charge in [0.2, 0.25) is 0 Å². The number of nitrogens with two attached hydrogens (primary N) is 1. The first-order valence-corrected chi connectivity index (χ1v) is 10.7. The molecule has 0 bridgehead atoms. The quantitative estimate of drug-likeness (QED) is 0.392. The number of hydrogen-bond acceptors (Lipinski definition) is 8. The molecule has 0 radical (unpaired) electrons. The van der Waals surface area contributed by atoms with Crippen LogP contribution in [0.25, 0.3) is 16.7 Å². The van der Waals surface area contributed by atoms with E-state index in [9.17, 15) is 19.1 Å². The van der Waals surface area contributed by atoms with E-state index < -0.39 is 23.5 Å². The van der Waals surface area contributed by atoms with Gasteiger partial charge in [-0.3, -0.25) is 14.5 Å².